The average molecular weight is 352 g/mol. The Morgan fingerprint density at radius 1 is 1.24 bits per heavy atom. The fourth-order valence-electron chi connectivity index (χ4n) is 1.99. The fraction of sp³-hybridized carbons (Fsp3) is 0.417. The first-order chi connectivity index (χ1) is 9.77. The van der Waals surface area contributed by atoms with Crippen molar-refractivity contribution in [1.29, 1.82) is 0 Å². The van der Waals surface area contributed by atoms with Crippen LogP contribution >= 0.6 is 22.3 Å². The number of hydrogen-bond donors (Lipinski definition) is 1. The highest BCUT2D eigenvalue weighted by Crippen LogP contribution is 2.27. The number of carbonyl (C=O) groups is 1. The minimum Gasteiger partial charge on any atom is -0.322 e. The summed E-state index contributed by atoms with van der Waals surface area (Å²) in [6, 6.07) is 3.85. The van der Waals surface area contributed by atoms with Crippen molar-refractivity contribution >= 4 is 43.1 Å². The lowest BCUT2D eigenvalue weighted by atomic mass is 10.3. The topological polar surface area (TPSA) is 69.7 Å². The number of piperazine rings is 1. The number of halogens is 2. The molecule has 1 heterocycles. The van der Waals surface area contributed by atoms with Crippen LogP contribution in [0, 0.1) is 0 Å². The third-order valence-corrected chi connectivity index (χ3v) is 5.04. The monoisotopic (exact) mass is 351 g/mol. The van der Waals surface area contributed by atoms with Crippen molar-refractivity contribution in [2.75, 3.05) is 38.5 Å². The largest absolute Gasteiger partial charge is 0.322 e. The smallest absolute Gasteiger partial charge is 0.321 e. The molecule has 1 aliphatic heterocycles. The summed E-state index contributed by atoms with van der Waals surface area (Å²) in [6.07, 6.45) is 0. The van der Waals surface area contributed by atoms with E-state index in [1.165, 1.54) is 18.2 Å². The SMILES string of the molecule is CN1CCN(C(=O)Nc2ccc(S(=O)(=O)Cl)c(Cl)c2)CC1. The van der Waals surface area contributed by atoms with Gasteiger partial charge >= 0.3 is 6.03 Å². The second-order valence-electron chi connectivity index (χ2n) is 4.80. The molecule has 2 rings (SSSR count). The molecular formula is C12H15Cl2N3O3S. The minimum atomic E-state index is -3.89. The van der Waals surface area contributed by atoms with Gasteiger partial charge in [0.25, 0.3) is 9.05 Å². The molecule has 0 spiro atoms. The summed E-state index contributed by atoms with van der Waals surface area (Å²) >= 11 is 5.87. The molecule has 0 aliphatic carbocycles. The molecule has 1 N–H and O–H groups in total. The second-order valence-corrected chi connectivity index (χ2v) is 7.75. The molecule has 1 aromatic carbocycles. The van der Waals surface area contributed by atoms with Gasteiger partial charge in [0.05, 0.1) is 5.02 Å². The van der Waals surface area contributed by atoms with Crippen LogP contribution in [0.3, 0.4) is 0 Å². The Morgan fingerprint density at radius 2 is 1.86 bits per heavy atom. The Labute approximate surface area is 133 Å². The lowest BCUT2D eigenvalue weighted by Gasteiger charge is -2.32. The predicted octanol–water partition coefficient (Wildman–Crippen LogP) is 2.05. The van der Waals surface area contributed by atoms with Gasteiger partial charge in [0.15, 0.2) is 0 Å². The van der Waals surface area contributed by atoms with Crippen molar-refractivity contribution < 1.29 is 13.2 Å². The summed E-state index contributed by atoms with van der Waals surface area (Å²) in [7, 11) is 3.35. The predicted molar refractivity (Wildman–Crippen MR) is 82.6 cm³/mol. The molecule has 1 aliphatic rings. The maximum Gasteiger partial charge on any atom is 0.321 e. The highest BCUT2D eigenvalue weighted by Gasteiger charge is 2.20. The van der Waals surface area contributed by atoms with Gasteiger partial charge in [-0.2, -0.15) is 0 Å². The first-order valence-electron chi connectivity index (χ1n) is 6.26. The Bertz CT molecular complexity index is 643. The molecule has 21 heavy (non-hydrogen) atoms. The molecule has 1 saturated heterocycles. The summed E-state index contributed by atoms with van der Waals surface area (Å²) in [5.74, 6) is 0. The second kappa shape index (κ2) is 6.39. The van der Waals surface area contributed by atoms with Gasteiger partial charge in [-0.3, -0.25) is 0 Å². The average Bonchev–Trinajstić information content (AvgIpc) is 2.37. The number of likely N-dealkylation sites (N-methyl/N-ethyl adjacent to an activating group) is 1. The zero-order chi connectivity index (χ0) is 15.6. The molecule has 9 heteroatoms. The van der Waals surface area contributed by atoms with E-state index in [4.69, 9.17) is 22.3 Å². The standard InChI is InChI=1S/C12H15Cl2N3O3S/c1-16-4-6-17(7-5-16)12(18)15-9-2-3-11(10(13)8-9)21(14,19)20/h2-3,8H,4-7H2,1H3,(H,15,18). The molecule has 6 nitrogen and oxygen atoms in total. The van der Waals surface area contributed by atoms with Gasteiger partial charge < -0.3 is 15.1 Å². The Hall–Kier alpha value is -1.02. The molecule has 1 aromatic rings. The summed E-state index contributed by atoms with van der Waals surface area (Å²) in [5, 5.41) is 2.67. The quantitative estimate of drug-likeness (QED) is 0.827. The van der Waals surface area contributed by atoms with E-state index >= 15 is 0 Å². The van der Waals surface area contributed by atoms with Gasteiger partial charge in [0.2, 0.25) is 0 Å². The first kappa shape index (κ1) is 16.4. The van der Waals surface area contributed by atoms with E-state index in [2.05, 4.69) is 10.2 Å². The number of carbonyl (C=O) groups excluding carboxylic acids is 1. The molecule has 2 amide bonds. The fourth-order valence-corrected chi connectivity index (χ4v) is 3.52. The van der Waals surface area contributed by atoms with Crippen LogP contribution in [0.2, 0.25) is 5.02 Å². The van der Waals surface area contributed by atoms with Crippen LogP contribution in [0.5, 0.6) is 0 Å². The van der Waals surface area contributed by atoms with E-state index in [1.54, 1.807) is 4.90 Å². The number of benzene rings is 1. The number of hydrogen-bond acceptors (Lipinski definition) is 4. The van der Waals surface area contributed by atoms with Crippen LogP contribution in [0.4, 0.5) is 10.5 Å². The van der Waals surface area contributed by atoms with E-state index < -0.39 is 9.05 Å². The summed E-state index contributed by atoms with van der Waals surface area (Å²) < 4.78 is 22.5. The zero-order valence-electron chi connectivity index (χ0n) is 11.3. The van der Waals surface area contributed by atoms with Crippen LogP contribution in [-0.2, 0) is 9.05 Å². The van der Waals surface area contributed by atoms with Crippen LogP contribution in [0.15, 0.2) is 23.1 Å². The lowest BCUT2D eigenvalue weighted by molar-refractivity contribution is 0.164. The van der Waals surface area contributed by atoms with Crippen LogP contribution in [0.1, 0.15) is 0 Å². The van der Waals surface area contributed by atoms with Crippen LogP contribution < -0.4 is 5.32 Å². The van der Waals surface area contributed by atoms with Crippen LogP contribution in [0.25, 0.3) is 0 Å². The zero-order valence-corrected chi connectivity index (χ0v) is 13.7. The van der Waals surface area contributed by atoms with Crippen molar-refractivity contribution in [2.45, 2.75) is 4.90 Å². The van der Waals surface area contributed by atoms with Crippen molar-refractivity contribution in [2.24, 2.45) is 0 Å². The molecule has 0 aromatic heterocycles. The van der Waals surface area contributed by atoms with Gasteiger partial charge in [-0.25, -0.2) is 13.2 Å². The van der Waals surface area contributed by atoms with Gasteiger partial charge in [0.1, 0.15) is 4.90 Å². The number of nitrogens with one attached hydrogen (secondary N) is 1. The van der Waals surface area contributed by atoms with Gasteiger partial charge in [-0.05, 0) is 25.2 Å². The van der Waals surface area contributed by atoms with Gasteiger partial charge in [-0.15, -0.1) is 0 Å². The highest BCUT2D eigenvalue weighted by molar-refractivity contribution is 8.13. The highest BCUT2D eigenvalue weighted by atomic mass is 35.7. The molecule has 0 atom stereocenters. The molecule has 0 saturated carbocycles. The summed E-state index contributed by atoms with van der Waals surface area (Å²) in [4.78, 5) is 15.7. The maximum atomic E-state index is 12.1. The van der Waals surface area contributed by atoms with Crippen molar-refractivity contribution in [1.82, 2.24) is 9.80 Å². The number of anilines is 1. The summed E-state index contributed by atoms with van der Waals surface area (Å²) in [6.45, 7) is 2.92. The maximum absolute atomic E-state index is 12.1. The van der Waals surface area contributed by atoms with E-state index in [0.717, 1.165) is 13.1 Å². The van der Waals surface area contributed by atoms with E-state index in [-0.39, 0.29) is 15.9 Å². The lowest BCUT2D eigenvalue weighted by Crippen LogP contribution is -2.48. The molecule has 0 unspecified atom stereocenters. The van der Waals surface area contributed by atoms with Gasteiger partial charge in [-0.1, -0.05) is 11.6 Å². The third-order valence-electron chi connectivity index (χ3n) is 3.24. The molecule has 0 bridgehead atoms. The molecular weight excluding hydrogens is 337 g/mol. The van der Waals surface area contributed by atoms with E-state index in [1.807, 2.05) is 7.05 Å². The molecule has 1 fully saturated rings. The number of amides is 2. The van der Waals surface area contributed by atoms with E-state index in [0.29, 0.717) is 18.8 Å². The van der Waals surface area contributed by atoms with Crippen molar-refractivity contribution in [3.8, 4) is 0 Å². The summed E-state index contributed by atoms with van der Waals surface area (Å²) in [5.41, 5.74) is 0.424. The first-order valence-corrected chi connectivity index (χ1v) is 8.95. The number of urea groups is 1. The Balaban J connectivity index is 2.07. The Morgan fingerprint density at radius 3 is 2.38 bits per heavy atom. The van der Waals surface area contributed by atoms with Gasteiger partial charge in [0, 0.05) is 42.5 Å². The molecule has 116 valence electrons. The van der Waals surface area contributed by atoms with Crippen molar-refractivity contribution in [3.05, 3.63) is 23.2 Å². The van der Waals surface area contributed by atoms with Crippen molar-refractivity contribution in [3.63, 3.8) is 0 Å². The third kappa shape index (κ3) is 4.23. The number of rotatable bonds is 2. The Kier molecular flexibility index (Phi) is 4.98. The van der Waals surface area contributed by atoms with E-state index in [9.17, 15) is 13.2 Å². The minimum absolute atomic E-state index is 0.0267. The van der Waals surface area contributed by atoms with Crippen LogP contribution in [-0.4, -0.2) is 57.5 Å². The normalized spacial score (nSPS) is 16.8. The molecule has 0 radical (unpaired) electrons. The number of nitrogens with zero attached hydrogens (tertiary/aromatic N) is 2.